The fourth-order valence-electron chi connectivity index (χ4n) is 4.64. The summed E-state index contributed by atoms with van der Waals surface area (Å²) in [7, 11) is 0. The molecule has 0 aliphatic carbocycles. The normalized spacial score (nSPS) is 19.5. The van der Waals surface area contributed by atoms with Crippen molar-refractivity contribution in [3.63, 3.8) is 0 Å². The Morgan fingerprint density at radius 1 is 1.00 bits per heavy atom. The van der Waals surface area contributed by atoms with Crippen LogP contribution in [0.2, 0.25) is 0 Å². The molecule has 1 saturated heterocycles. The van der Waals surface area contributed by atoms with Gasteiger partial charge in [0.15, 0.2) is 0 Å². The Morgan fingerprint density at radius 2 is 1.66 bits per heavy atom. The predicted molar refractivity (Wildman–Crippen MR) is 133 cm³/mol. The number of carbonyl (C=O) groups excluding carboxylic acids is 2. The van der Waals surface area contributed by atoms with E-state index < -0.39 is 24.2 Å². The van der Waals surface area contributed by atoms with E-state index >= 15 is 0 Å². The third kappa shape index (κ3) is 5.78. The number of nitrogens with one attached hydrogen (secondary N) is 1. The average molecular weight is 477 g/mol. The van der Waals surface area contributed by atoms with Gasteiger partial charge in [0, 0.05) is 18.8 Å². The Bertz CT molecular complexity index is 1120. The van der Waals surface area contributed by atoms with Crippen molar-refractivity contribution in [2.75, 3.05) is 6.54 Å². The number of aromatic nitrogens is 2. The molecule has 4 rings (SSSR count). The lowest BCUT2D eigenvalue weighted by Gasteiger charge is -2.29. The molecule has 1 aromatic heterocycles. The molecular weight excluding hydrogens is 443 g/mol. The summed E-state index contributed by atoms with van der Waals surface area (Å²) in [5.41, 5.74) is 3.08. The molecule has 1 aliphatic rings. The van der Waals surface area contributed by atoms with E-state index in [9.17, 15) is 14.0 Å². The van der Waals surface area contributed by atoms with Gasteiger partial charge in [0.05, 0.1) is 25.0 Å². The van der Waals surface area contributed by atoms with E-state index in [1.165, 1.54) is 10.5 Å². The van der Waals surface area contributed by atoms with Crippen LogP contribution in [-0.2, 0) is 16.1 Å². The molecule has 1 N–H and O–H groups in total. The molecule has 2 heterocycles. The highest BCUT2D eigenvalue weighted by molar-refractivity contribution is 5.89. The molecule has 0 spiro atoms. The quantitative estimate of drug-likeness (QED) is 0.521. The summed E-state index contributed by atoms with van der Waals surface area (Å²) in [6, 6.07) is 18.4. The summed E-state index contributed by atoms with van der Waals surface area (Å²) in [6.45, 7) is 6.37. The monoisotopic (exact) mass is 476 g/mol. The van der Waals surface area contributed by atoms with E-state index in [1.807, 2.05) is 42.5 Å². The highest BCUT2D eigenvalue weighted by Crippen LogP contribution is 2.27. The van der Waals surface area contributed by atoms with Crippen molar-refractivity contribution in [3.8, 4) is 0 Å². The second-order valence-corrected chi connectivity index (χ2v) is 9.64. The standard InChI is InChI=1S/C28H33FN4O2/c1-19(2)21-10-12-23(13-11-21)26(22-8-5-4-6-9-22)31-27(34)25-16-24(29)18-33(25)28(35)20(3)17-32-15-7-14-30-32/h4-15,19-20,24-26H,16-18H2,1-3H3,(H,31,34)/t20?,24-,25+,26+/m1/s1. The number of carbonyl (C=O) groups is 2. The van der Waals surface area contributed by atoms with Crippen LogP contribution in [0, 0.1) is 5.92 Å². The van der Waals surface area contributed by atoms with Gasteiger partial charge >= 0.3 is 0 Å². The summed E-state index contributed by atoms with van der Waals surface area (Å²) in [5, 5.41) is 7.26. The van der Waals surface area contributed by atoms with Gasteiger partial charge in [0.25, 0.3) is 0 Å². The zero-order valence-electron chi connectivity index (χ0n) is 20.5. The first-order valence-electron chi connectivity index (χ1n) is 12.2. The molecular formula is C28H33FN4O2. The fraction of sp³-hybridized carbons (Fsp3) is 0.393. The summed E-state index contributed by atoms with van der Waals surface area (Å²) < 4.78 is 16.2. The van der Waals surface area contributed by atoms with E-state index in [0.717, 1.165) is 11.1 Å². The number of hydrogen-bond donors (Lipinski definition) is 1. The second kappa shape index (κ2) is 10.8. The number of amides is 2. The SMILES string of the molecule is CC(Cn1cccn1)C(=O)N1C[C@H](F)C[C@H]1C(=O)N[C@@H](c1ccccc1)c1ccc(C(C)C)cc1. The molecule has 1 fully saturated rings. The number of nitrogens with zero attached hydrogens (tertiary/aromatic N) is 3. The highest BCUT2D eigenvalue weighted by Gasteiger charge is 2.41. The van der Waals surface area contributed by atoms with Gasteiger partial charge in [-0.3, -0.25) is 14.3 Å². The number of alkyl halides is 1. The maximum Gasteiger partial charge on any atom is 0.243 e. The minimum absolute atomic E-state index is 0.000139. The average Bonchev–Trinajstić information content (AvgIpc) is 3.52. The number of rotatable bonds is 8. The number of benzene rings is 2. The molecule has 35 heavy (non-hydrogen) atoms. The molecule has 3 aromatic rings. The molecule has 184 valence electrons. The lowest BCUT2D eigenvalue weighted by molar-refractivity contribution is -0.141. The Labute approximate surface area is 206 Å². The van der Waals surface area contributed by atoms with Gasteiger partial charge in [-0.25, -0.2) is 4.39 Å². The lowest BCUT2D eigenvalue weighted by atomic mass is 9.95. The van der Waals surface area contributed by atoms with Crippen molar-refractivity contribution in [1.82, 2.24) is 20.0 Å². The Balaban J connectivity index is 1.54. The molecule has 2 amide bonds. The van der Waals surface area contributed by atoms with Crippen LogP contribution in [-0.4, -0.2) is 45.3 Å². The first-order valence-corrected chi connectivity index (χ1v) is 12.2. The summed E-state index contributed by atoms with van der Waals surface area (Å²) in [5.74, 6) is -0.606. The molecule has 1 unspecified atom stereocenters. The summed E-state index contributed by atoms with van der Waals surface area (Å²) >= 11 is 0. The molecule has 7 heteroatoms. The molecule has 0 saturated carbocycles. The maximum atomic E-state index is 14.5. The van der Waals surface area contributed by atoms with Crippen LogP contribution in [0.1, 0.15) is 55.8 Å². The van der Waals surface area contributed by atoms with Gasteiger partial charge in [-0.1, -0.05) is 75.4 Å². The van der Waals surface area contributed by atoms with Crippen LogP contribution in [0.3, 0.4) is 0 Å². The molecule has 2 aromatic carbocycles. The highest BCUT2D eigenvalue weighted by atomic mass is 19.1. The van der Waals surface area contributed by atoms with Crippen molar-refractivity contribution in [3.05, 3.63) is 89.7 Å². The largest absolute Gasteiger partial charge is 0.343 e. The summed E-state index contributed by atoms with van der Waals surface area (Å²) in [4.78, 5) is 28.1. The van der Waals surface area contributed by atoms with Crippen LogP contribution in [0.4, 0.5) is 4.39 Å². The summed E-state index contributed by atoms with van der Waals surface area (Å²) in [6.07, 6.45) is 2.20. The number of hydrogen-bond acceptors (Lipinski definition) is 3. The second-order valence-electron chi connectivity index (χ2n) is 9.64. The van der Waals surface area contributed by atoms with Crippen molar-refractivity contribution >= 4 is 11.8 Å². The number of halogens is 1. The molecule has 6 nitrogen and oxygen atoms in total. The van der Waals surface area contributed by atoms with Gasteiger partial charge in [0.1, 0.15) is 12.2 Å². The Hall–Kier alpha value is -3.48. The smallest absolute Gasteiger partial charge is 0.243 e. The van der Waals surface area contributed by atoms with E-state index in [-0.39, 0.29) is 24.8 Å². The van der Waals surface area contributed by atoms with E-state index in [2.05, 4.69) is 36.4 Å². The van der Waals surface area contributed by atoms with Crippen LogP contribution in [0.5, 0.6) is 0 Å². The van der Waals surface area contributed by atoms with Crippen molar-refractivity contribution < 1.29 is 14.0 Å². The van der Waals surface area contributed by atoms with E-state index in [1.54, 1.807) is 30.1 Å². The van der Waals surface area contributed by atoms with Crippen LogP contribution < -0.4 is 5.32 Å². The molecule has 1 aliphatic heterocycles. The molecule has 4 atom stereocenters. The van der Waals surface area contributed by atoms with Crippen molar-refractivity contribution in [1.29, 1.82) is 0 Å². The fourth-order valence-corrected chi connectivity index (χ4v) is 4.64. The molecule has 0 bridgehead atoms. The minimum Gasteiger partial charge on any atom is -0.343 e. The topological polar surface area (TPSA) is 67.2 Å². The Kier molecular flexibility index (Phi) is 7.63. The van der Waals surface area contributed by atoms with Gasteiger partial charge in [-0.15, -0.1) is 0 Å². The van der Waals surface area contributed by atoms with Crippen LogP contribution in [0.15, 0.2) is 73.1 Å². The zero-order valence-corrected chi connectivity index (χ0v) is 20.5. The number of likely N-dealkylation sites (tertiary alicyclic amines) is 1. The van der Waals surface area contributed by atoms with E-state index in [0.29, 0.717) is 12.5 Å². The maximum absolute atomic E-state index is 14.5. The third-order valence-corrected chi connectivity index (χ3v) is 6.63. The predicted octanol–water partition coefficient (Wildman–Crippen LogP) is 4.49. The first-order chi connectivity index (χ1) is 16.8. The zero-order chi connectivity index (χ0) is 24.9. The van der Waals surface area contributed by atoms with E-state index in [4.69, 9.17) is 0 Å². The van der Waals surface area contributed by atoms with Crippen LogP contribution >= 0.6 is 0 Å². The van der Waals surface area contributed by atoms with Crippen LogP contribution in [0.25, 0.3) is 0 Å². The van der Waals surface area contributed by atoms with Gasteiger partial charge in [0.2, 0.25) is 11.8 Å². The van der Waals surface area contributed by atoms with Crippen molar-refractivity contribution in [2.45, 2.75) is 57.9 Å². The first kappa shape index (κ1) is 24.6. The van der Waals surface area contributed by atoms with Crippen molar-refractivity contribution in [2.24, 2.45) is 5.92 Å². The minimum atomic E-state index is -1.23. The lowest BCUT2D eigenvalue weighted by Crippen LogP contribution is -2.48. The third-order valence-electron chi connectivity index (χ3n) is 6.63. The van der Waals surface area contributed by atoms with Gasteiger partial charge < -0.3 is 10.2 Å². The molecule has 0 radical (unpaired) electrons. The Morgan fingerprint density at radius 3 is 2.29 bits per heavy atom. The van der Waals surface area contributed by atoms with Gasteiger partial charge in [-0.2, -0.15) is 5.10 Å². The van der Waals surface area contributed by atoms with Gasteiger partial charge in [-0.05, 0) is 28.7 Å².